The van der Waals surface area contributed by atoms with Crippen molar-refractivity contribution in [1.82, 2.24) is 30.6 Å². The quantitative estimate of drug-likeness (QED) is 0.642. The highest BCUT2D eigenvalue weighted by Gasteiger charge is 2.33. The van der Waals surface area contributed by atoms with Crippen LogP contribution in [-0.4, -0.2) is 25.9 Å². The van der Waals surface area contributed by atoms with Crippen LogP contribution in [0.5, 0.6) is 0 Å². The average molecular weight is 384 g/mol. The van der Waals surface area contributed by atoms with Gasteiger partial charge in [-0.2, -0.15) is 5.10 Å². The van der Waals surface area contributed by atoms with Crippen molar-refractivity contribution in [3.63, 3.8) is 0 Å². The lowest BCUT2D eigenvalue weighted by Gasteiger charge is -2.20. The van der Waals surface area contributed by atoms with Gasteiger partial charge in [-0.3, -0.25) is 0 Å². The first-order chi connectivity index (χ1) is 13.0. The maximum absolute atomic E-state index is 6.26. The molecular weight excluding hydrogens is 362 g/mol. The van der Waals surface area contributed by atoms with Crippen molar-refractivity contribution < 1.29 is 0 Å². The van der Waals surface area contributed by atoms with Crippen LogP contribution in [0, 0.1) is 19.8 Å². The van der Waals surface area contributed by atoms with E-state index in [1.807, 2.05) is 26.0 Å². The molecule has 0 saturated carbocycles. The van der Waals surface area contributed by atoms with Gasteiger partial charge in [0.2, 0.25) is 0 Å². The number of hydrogen-bond donors (Lipinski definition) is 3. The number of anilines is 1. The van der Waals surface area contributed by atoms with Gasteiger partial charge in [-0.05, 0) is 19.4 Å². The van der Waals surface area contributed by atoms with E-state index in [0.29, 0.717) is 16.8 Å². The summed E-state index contributed by atoms with van der Waals surface area (Å²) in [7, 11) is 0. The minimum atomic E-state index is 0.0296. The third kappa shape index (κ3) is 3.41. The van der Waals surface area contributed by atoms with E-state index in [-0.39, 0.29) is 12.2 Å². The molecule has 0 bridgehead atoms. The Bertz CT molecular complexity index is 940. The lowest BCUT2D eigenvalue weighted by molar-refractivity contribution is 0.481. The fourth-order valence-corrected chi connectivity index (χ4v) is 3.52. The summed E-state index contributed by atoms with van der Waals surface area (Å²) in [4.78, 5) is 8.69. The Kier molecular flexibility index (Phi) is 4.82. The monoisotopic (exact) mass is 383 g/mol. The summed E-state index contributed by atoms with van der Waals surface area (Å²) in [6.45, 7) is 6.00. The predicted octanol–water partition coefficient (Wildman–Crippen LogP) is 3.16. The van der Waals surface area contributed by atoms with Gasteiger partial charge in [0.15, 0.2) is 5.82 Å². The van der Waals surface area contributed by atoms with Gasteiger partial charge in [-0.25, -0.2) is 25.5 Å². The SMILES string of the molecule is Cc1nn(-c2cc(NC3NNC(c4ccccc4)C3C)ncn2)c(C)c1Cl. The molecule has 0 amide bonds. The van der Waals surface area contributed by atoms with Crippen LogP contribution < -0.4 is 16.2 Å². The van der Waals surface area contributed by atoms with Crippen LogP contribution in [0.25, 0.3) is 5.82 Å². The van der Waals surface area contributed by atoms with Gasteiger partial charge in [0.05, 0.1) is 28.6 Å². The van der Waals surface area contributed by atoms with Crippen molar-refractivity contribution in [2.24, 2.45) is 5.92 Å². The Morgan fingerprint density at radius 1 is 1.11 bits per heavy atom. The van der Waals surface area contributed by atoms with Crippen molar-refractivity contribution in [1.29, 1.82) is 0 Å². The molecule has 8 heteroatoms. The van der Waals surface area contributed by atoms with E-state index in [2.05, 4.69) is 62.4 Å². The number of aryl methyl sites for hydroxylation is 1. The van der Waals surface area contributed by atoms with E-state index in [1.54, 1.807) is 4.68 Å². The van der Waals surface area contributed by atoms with E-state index >= 15 is 0 Å². The summed E-state index contributed by atoms with van der Waals surface area (Å²) >= 11 is 6.26. The molecule has 3 atom stereocenters. The lowest BCUT2D eigenvalue weighted by Crippen LogP contribution is -2.38. The van der Waals surface area contributed by atoms with Crippen LogP contribution in [-0.2, 0) is 0 Å². The number of rotatable bonds is 4. The van der Waals surface area contributed by atoms with Gasteiger partial charge in [-0.15, -0.1) is 0 Å². The topological polar surface area (TPSA) is 79.7 Å². The van der Waals surface area contributed by atoms with E-state index in [0.717, 1.165) is 17.2 Å². The molecule has 0 radical (unpaired) electrons. The molecule has 3 unspecified atom stereocenters. The van der Waals surface area contributed by atoms with E-state index in [9.17, 15) is 0 Å². The number of hydrogen-bond acceptors (Lipinski definition) is 6. The second-order valence-corrected chi connectivity index (χ2v) is 7.19. The standard InChI is InChI=1S/C19H22ClN7/c1-11-18(14-7-5-4-6-8-14)24-25-19(11)23-15-9-16(22-10-21-15)27-13(3)17(20)12(2)26-27/h4-11,18-19,24-25H,1-3H3,(H,21,22,23). The Morgan fingerprint density at radius 3 is 2.59 bits per heavy atom. The minimum absolute atomic E-state index is 0.0296. The minimum Gasteiger partial charge on any atom is -0.353 e. The highest BCUT2D eigenvalue weighted by Crippen LogP contribution is 2.29. The van der Waals surface area contributed by atoms with Crippen LogP contribution in [0.15, 0.2) is 42.7 Å². The molecule has 1 aromatic carbocycles. The molecule has 2 aromatic heterocycles. The van der Waals surface area contributed by atoms with Crippen LogP contribution in [0.2, 0.25) is 5.02 Å². The molecule has 0 spiro atoms. The fourth-order valence-electron chi connectivity index (χ4n) is 3.40. The third-order valence-corrected chi connectivity index (χ3v) is 5.53. The molecule has 3 aromatic rings. The molecule has 4 rings (SSSR count). The molecule has 140 valence electrons. The zero-order chi connectivity index (χ0) is 19.0. The van der Waals surface area contributed by atoms with E-state index < -0.39 is 0 Å². The first-order valence-corrected chi connectivity index (χ1v) is 9.29. The smallest absolute Gasteiger partial charge is 0.159 e. The molecule has 0 aliphatic carbocycles. The first kappa shape index (κ1) is 17.9. The van der Waals surface area contributed by atoms with Gasteiger partial charge >= 0.3 is 0 Å². The van der Waals surface area contributed by atoms with Gasteiger partial charge in [0, 0.05) is 12.0 Å². The van der Waals surface area contributed by atoms with Gasteiger partial charge < -0.3 is 5.32 Å². The van der Waals surface area contributed by atoms with Crippen molar-refractivity contribution in [2.75, 3.05) is 5.32 Å². The third-order valence-electron chi connectivity index (χ3n) is 4.98. The van der Waals surface area contributed by atoms with Crippen LogP contribution in [0.1, 0.15) is 29.9 Å². The van der Waals surface area contributed by atoms with Crippen LogP contribution >= 0.6 is 11.6 Å². The zero-order valence-corrected chi connectivity index (χ0v) is 16.2. The molecule has 1 aliphatic rings. The molecule has 1 saturated heterocycles. The molecule has 1 fully saturated rings. The summed E-state index contributed by atoms with van der Waals surface area (Å²) < 4.78 is 1.74. The van der Waals surface area contributed by atoms with Crippen molar-refractivity contribution in [2.45, 2.75) is 33.0 Å². The van der Waals surface area contributed by atoms with E-state index in [4.69, 9.17) is 11.6 Å². The number of aromatic nitrogens is 4. The number of nitrogens with one attached hydrogen (secondary N) is 3. The van der Waals surface area contributed by atoms with Crippen molar-refractivity contribution in [3.05, 3.63) is 64.7 Å². The highest BCUT2D eigenvalue weighted by atomic mass is 35.5. The summed E-state index contributed by atoms with van der Waals surface area (Å²) in [5.74, 6) is 1.72. The number of benzene rings is 1. The van der Waals surface area contributed by atoms with E-state index in [1.165, 1.54) is 11.9 Å². The Morgan fingerprint density at radius 2 is 1.89 bits per heavy atom. The summed E-state index contributed by atoms with van der Waals surface area (Å²) in [5.41, 5.74) is 9.58. The Balaban J connectivity index is 1.53. The van der Waals surface area contributed by atoms with Crippen LogP contribution in [0.3, 0.4) is 0 Å². The number of nitrogens with zero attached hydrogens (tertiary/aromatic N) is 4. The summed E-state index contributed by atoms with van der Waals surface area (Å²) in [6, 6.07) is 12.5. The van der Waals surface area contributed by atoms with Gasteiger partial charge in [0.1, 0.15) is 12.1 Å². The second-order valence-electron chi connectivity index (χ2n) is 6.82. The molecule has 27 heavy (non-hydrogen) atoms. The van der Waals surface area contributed by atoms with Crippen LogP contribution in [0.4, 0.5) is 5.82 Å². The molecule has 3 N–H and O–H groups in total. The number of hydrazine groups is 1. The summed E-state index contributed by atoms with van der Waals surface area (Å²) in [5, 5.41) is 8.56. The summed E-state index contributed by atoms with van der Waals surface area (Å²) in [6.07, 6.45) is 1.56. The zero-order valence-electron chi connectivity index (χ0n) is 15.4. The van der Waals surface area contributed by atoms with Gasteiger partial charge in [0.25, 0.3) is 0 Å². The maximum Gasteiger partial charge on any atom is 0.159 e. The highest BCUT2D eigenvalue weighted by molar-refractivity contribution is 6.31. The largest absolute Gasteiger partial charge is 0.353 e. The number of halogens is 1. The lowest BCUT2D eigenvalue weighted by atomic mass is 9.94. The second kappa shape index (κ2) is 7.26. The first-order valence-electron chi connectivity index (χ1n) is 8.91. The molecular formula is C19H22ClN7. The molecule has 1 aliphatic heterocycles. The maximum atomic E-state index is 6.26. The molecule has 3 heterocycles. The molecule has 7 nitrogen and oxygen atoms in total. The normalized spacial score (nSPS) is 22.1. The van der Waals surface area contributed by atoms with Crippen molar-refractivity contribution in [3.8, 4) is 5.82 Å². The van der Waals surface area contributed by atoms with Crippen molar-refractivity contribution >= 4 is 17.4 Å². The average Bonchev–Trinajstić information content (AvgIpc) is 3.17. The Hall–Kier alpha value is -2.48. The Labute approximate surface area is 163 Å². The van der Waals surface area contributed by atoms with Gasteiger partial charge in [-0.1, -0.05) is 48.9 Å². The fraction of sp³-hybridized carbons (Fsp3) is 0.316. The predicted molar refractivity (Wildman–Crippen MR) is 106 cm³/mol.